The van der Waals surface area contributed by atoms with Gasteiger partial charge in [0.2, 0.25) is 0 Å². The predicted octanol–water partition coefficient (Wildman–Crippen LogP) is 7.83. The summed E-state index contributed by atoms with van der Waals surface area (Å²) in [5.41, 5.74) is 11.8. The summed E-state index contributed by atoms with van der Waals surface area (Å²) in [6.07, 6.45) is 2.36. The standard InChI is InChI=1S/C29H33N/c1-20-12-15-28-27(18-20)29(5,6)16-9-17-30(28)23(4)25-14-13-24(19-22(25)3)26-11-8-7-10-21(26)2/h7-8,10-15,18-19H,4,9,16-17H2,1-3,5-6H3. The highest BCUT2D eigenvalue weighted by Crippen LogP contribution is 2.42. The van der Waals surface area contributed by atoms with Crippen molar-refractivity contribution in [3.05, 3.63) is 95.1 Å². The minimum atomic E-state index is 0.181. The van der Waals surface area contributed by atoms with E-state index in [1.807, 2.05) is 0 Å². The zero-order chi connectivity index (χ0) is 21.5. The Hall–Kier alpha value is -2.80. The Morgan fingerprint density at radius 3 is 2.40 bits per heavy atom. The second-order valence-corrected chi connectivity index (χ2v) is 9.45. The molecule has 1 aliphatic rings. The smallest absolute Gasteiger partial charge is 0.0448 e. The fraction of sp³-hybridized carbons (Fsp3) is 0.310. The van der Waals surface area contributed by atoms with E-state index in [-0.39, 0.29) is 5.41 Å². The zero-order valence-corrected chi connectivity index (χ0v) is 19.0. The quantitative estimate of drug-likeness (QED) is 0.437. The van der Waals surface area contributed by atoms with Crippen LogP contribution in [0.5, 0.6) is 0 Å². The lowest BCUT2D eigenvalue weighted by Gasteiger charge is -2.31. The van der Waals surface area contributed by atoms with Gasteiger partial charge < -0.3 is 4.90 Å². The first kappa shape index (κ1) is 20.5. The normalized spacial score (nSPS) is 15.4. The van der Waals surface area contributed by atoms with E-state index in [0.29, 0.717) is 0 Å². The molecular formula is C29H33N. The molecule has 0 N–H and O–H groups in total. The molecular weight excluding hydrogens is 362 g/mol. The summed E-state index contributed by atoms with van der Waals surface area (Å²) in [6, 6.07) is 22.3. The molecule has 0 radical (unpaired) electrons. The van der Waals surface area contributed by atoms with E-state index < -0.39 is 0 Å². The molecule has 30 heavy (non-hydrogen) atoms. The molecule has 0 spiro atoms. The van der Waals surface area contributed by atoms with Crippen LogP contribution in [0.4, 0.5) is 5.69 Å². The molecule has 1 aliphatic heterocycles. The first-order valence-electron chi connectivity index (χ1n) is 11.0. The van der Waals surface area contributed by atoms with Crippen LogP contribution in [0.1, 0.15) is 54.5 Å². The second kappa shape index (κ2) is 7.80. The Bertz CT molecular complexity index is 1100. The number of rotatable bonds is 3. The summed E-state index contributed by atoms with van der Waals surface area (Å²) >= 11 is 0. The number of nitrogens with zero attached hydrogens (tertiary/aromatic N) is 1. The number of anilines is 1. The van der Waals surface area contributed by atoms with Crippen LogP contribution in [0, 0.1) is 20.8 Å². The van der Waals surface area contributed by atoms with Crippen molar-refractivity contribution >= 4 is 11.4 Å². The van der Waals surface area contributed by atoms with Crippen LogP contribution >= 0.6 is 0 Å². The third-order valence-electron chi connectivity index (χ3n) is 6.67. The van der Waals surface area contributed by atoms with Gasteiger partial charge in [-0.15, -0.1) is 0 Å². The van der Waals surface area contributed by atoms with E-state index in [1.54, 1.807) is 0 Å². The van der Waals surface area contributed by atoms with Crippen LogP contribution in [-0.2, 0) is 5.41 Å². The third-order valence-corrected chi connectivity index (χ3v) is 6.67. The Kier molecular flexibility index (Phi) is 5.32. The molecule has 1 heteroatoms. The van der Waals surface area contributed by atoms with Gasteiger partial charge in [-0.1, -0.05) is 80.6 Å². The van der Waals surface area contributed by atoms with Crippen molar-refractivity contribution in [3.63, 3.8) is 0 Å². The van der Waals surface area contributed by atoms with Gasteiger partial charge in [0.1, 0.15) is 0 Å². The predicted molar refractivity (Wildman–Crippen MR) is 131 cm³/mol. The van der Waals surface area contributed by atoms with Crippen molar-refractivity contribution in [3.8, 4) is 11.1 Å². The molecule has 0 amide bonds. The average Bonchev–Trinajstić information content (AvgIpc) is 2.84. The van der Waals surface area contributed by atoms with E-state index in [0.717, 1.165) is 12.2 Å². The summed E-state index contributed by atoms with van der Waals surface area (Å²) in [6.45, 7) is 16.9. The molecule has 0 saturated heterocycles. The van der Waals surface area contributed by atoms with Gasteiger partial charge in [0.05, 0.1) is 0 Å². The van der Waals surface area contributed by atoms with Crippen molar-refractivity contribution in [2.75, 3.05) is 11.4 Å². The van der Waals surface area contributed by atoms with E-state index in [4.69, 9.17) is 0 Å². The first-order chi connectivity index (χ1) is 14.3. The Labute approximate surface area is 182 Å². The fourth-order valence-electron chi connectivity index (χ4n) is 4.84. The molecule has 0 fully saturated rings. The van der Waals surface area contributed by atoms with Crippen LogP contribution in [0.15, 0.2) is 67.2 Å². The molecule has 0 atom stereocenters. The maximum Gasteiger partial charge on any atom is 0.0448 e. The van der Waals surface area contributed by atoms with Gasteiger partial charge in [0.15, 0.2) is 0 Å². The van der Waals surface area contributed by atoms with Gasteiger partial charge in [0, 0.05) is 23.5 Å². The van der Waals surface area contributed by atoms with Crippen molar-refractivity contribution < 1.29 is 0 Å². The van der Waals surface area contributed by atoms with Gasteiger partial charge in [-0.05, 0) is 72.9 Å². The second-order valence-electron chi connectivity index (χ2n) is 9.45. The third kappa shape index (κ3) is 3.69. The van der Waals surface area contributed by atoms with Gasteiger partial charge in [-0.2, -0.15) is 0 Å². The molecule has 3 aromatic rings. The molecule has 0 unspecified atom stereocenters. The highest BCUT2D eigenvalue weighted by Gasteiger charge is 2.30. The van der Waals surface area contributed by atoms with Crippen LogP contribution in [0.25, 0.3) is 16.8 Å². The zero-order valence-electron chi connectivity index (χ0n) is 19.0. The lowest BCUT2D eigenvalue weighted by molar-refractivity contribution is 0.477. The molecule has 0 aromatic heterocycles. The largest absolute Gasteiger partial charge is 0.341 e. The van der Waals surface area contributed by atoms with Gasteiger partial charge in [-0.25, -0.2) is 0 Å². The van der Waals surface area contributed by atoms with Crippen molar-refractivity contribution in [2.45, 2.75) is 52.9 Å². The summed E-state index contributed by atoms with van der Waals surface area (Å²) in [5, 5.41) is 0. The number of fused-ring (bicyclic) bond motifs is 1. The lowest BCUT2D eigenvalue weighted by atomic mass is 9.80. The first-order valence-corrected chi connectivity index (χ1v) is 11.0. The van der Waals surface area contributed by atoms with E-state index in [9.17, 15) is 0 Å². The summed E-state index contributed by atoms with van der Waals surface area (Å²) < 4.78 is 0. The fourth-order valence-corrected chi connectivity index (χ4v) is 4.84. The van der Waals surface area contributed by atoms with Crippen LogP contribution < -0.4 is 4.90 Å². The van der Waals surface area contributed by atoms with Gasteiger partial charge in [-0.3, -0.25) is 0 Å². The van der Waals surface area contributed by atoms with Crippen molar-refractivity contribution in [2.24, 2.45) is 0 Å². The summed E-state index contributed by atoms with van der Waals surface area (Å²) in [4.78, 5) is 2.44. The van der Waals surface area contributed by atoms with Crippen LogP contribution in [0.2, 0.25) is 0 Å². The van der Waals surface area contributed by atoms with E-state index in [2.05, 4.69) is 107 Å². The number of hydrogen-bond donors (Lipinski definition) is 0. The highest BCUT2D eigenvalue weighted by atomic mass is 15.1. The molecule has 0 saturated carbocycles. The molecule has 0 aliphatic carbocycles. The van der Waals surface area contributed by atoms with Crippen molar-refractivity contribution in [1.82, 2.24) is 0 Å². The SMILES string of the molecule is C=C(c1ccc(-c2ccccc2C)cc1C)N1CCCC(C)(C)c2cc(C)ccc21. The van der Waals surface area contributed by atoms with Gasteiger partial charge in [0.25, 0.3) is 0 Å². The lowest BCUT2D eigenvalue weighted by Crippen LogP contribution is -2.23. The van der Waals surface area contributed by atoms with Crippen LogP contribution in [0.3, 0.4) is 0 Å². The summed E-state index contributed by atoms with van der Waals surface area (Å²) in [7, 11) is 0. The van der Waals surface area contributed by atoms with Crippen LogP contribution in [-0.4, -0.2) is 6.54 Å². The minimum absolute atomic E-state index is 0.181. The maximum absolute atomic E-state index is 4.57. The Balaban J connectivity index is 1.74. The molecule has 1 heterocycles. The minimum Gasteiger partial charge on any atom is -0.341 e. The molecule has 0 bridgehead atoms. The Morgan fingerprint density at radius 2 is 1.67 bits per heavy atom. The van der Waals surface area contributed by atoms with Gasteiger partial charge >= 0.3 is 0 Å². The molecule has 4 rings (SSSR count). The highest BCUT2D eigenvalue weighted by molar-refractivity contribution is 5.83. The molecule has 3 aromatic carbocycles. The number of benzene rings is 3. The monoisotopic (exact) mass is 395 g/mol. The van der Waals surface area contributed by atoms with E-state index >= 15 is 0 Å². The van der Waals surface area contributed by atoms with E-state index in [1.165, 1.54) is 57.5 Å². The maximum atomic E-state index is 4.57. The Morgan fingerprint density at radius 1 is 0.900 bits per heavy atom. The number of aryl methyl sites for hydroxylation is 3. The average molecular weight is 396 g/mol. The number of hydrogen-bond acceptors (Lipinski definition) is 1. The van der Waals surface area contributed by atoms with Crippen molar-refractivity contribution in [1.29, 1.82) is 0 Å². The molecule has 1 nitrogen and oxygen atoms in total. The summed E-state index contributed by atoms with van der Waals surface area (Å²) in [5.74, 6) is 0. The topological polar surface area (TPSA) is 3.24 Å². The molecule has 154 valence electrons.